The van der Waals surface area contributed by atoms with Gasteiger partial charge in [0.2, 0.25) is 0 Å². The van der Waals surface area contributed by atoms with Crippen LogP contribution in [0.3, 0.4) is 0 Å². The van der Waals surface area contributed by atoms with Gasteiger partial charge >= 0.3 is 35.7 Å². The first kappa shape index (κ1) is 24.6. The standard InChI is InChI=1S/C17H27N3O2.CH3BN.Na/c1-5-18-14-8-6-7-9-15(14)19-10-12-20(13-11-19)16(21)22-17(2,3)4;2-1-3;/h6-9,18H,5,10-13H2,1-4H3;2H3;/q;-1;+1. The molecule has 6 nitrogen and oxygen atoms in total. The van der Waals surface area contributed by atoms with Crippen molar-refractivity contribution in [3.8, 4) is 5.97 Å². The first-order valence-corrected chi connectivity index (χ1v) is 8.19. The van der Waals surface area contributed by atoms with Crippen LogP contribution in [0.5, 0.6) is 0 Å². The largest absolute Gasteiger partial charge is 1.00 e. The van der Waals surface area contributed by atoms with Gasteiger partial charge in [-0.2, -0.15) is 5.97 Å². The van der Waals surface area contributed by atoms with Crippen LogP contribution in [0, 0.1) is 11.2 Å². The molecular formula is C18H30BN4NaO2. The molecule has 0 radical (unpaired) electrons. The van der Waals surface area contributed by atoms with Crippen molar-refractivity contribution in [1.29, 1.82) is 5.26 Å². The number of amides is 1. The van der Waals surface area contributed by atoms with E-state index in [4.69, 9.17) is 10.00 Å². The Balaban J connectivity index is 0.00000146. The van der Waals surface area contributed by atoms with Crippen LogP contribution >= 0.6 is 0 Å². The van der Waals surface area contributed by atoms with Gasteiger partial charge in [0.1, 0.15) is 5.60 Å². The molecule has 0 spiro atoms. The molecule has 0 aliphatic carbocycles. The van der Waals surface area contributed by atoms with Gasteiger partial charge in [0.15, 0.2) is 0 Å². The average molecular weight is 368 g/mol. The zero-order chi connectivity index (χ0) is 18.9. The van der Waals surface area contributed by atoms with Gasteiger partial charge in [-0.3, -0.25) is 5.26 Å². The Morgan fingerprint density at radius 2 is 1.81 bits per heavy atom. The molecule has 1 aliphatic rings. The number of anilines is 2. The molecular weight excluding hydrogens is 338 g/mol. The fraction of sp³-hybridized carbons (Fsp3) is 0.556. The molecule has 1 fully saturated rings. The Labute approximate surface area is 180 Å². The van der Waals surface area contributed by atoms with Crippen molar-refractivity contribution >= 4 is 25.3 Å². The van der Waals surface area contributed by atoms with E-state index in [2.05, 4.69) is 35.3 Å². The van der Waals surface area contributed by atoms with E-state index in [1.54, 1.807) is 4.90 Å². The van der Waals surface area contributed by atoms with Gasteiger partial charge in [0, 0.05) is 32.7 Å². The van der Waals surface area contributed by atoms with Crippen LogP contribution in [0.25, 0.3) is 0 Å². The summed E-state index contributed by atoms with van der Waals surface area (Å²) in [7, 11) is 0.0694. The summed E-state index contributed by atoms with van der Waals surface area (Å²) in [6.07, 6.45) is -0.216. The summed E-state index contributed by atoms with van der Waals surface area (Å²) in [6, 6.07) is 8.31. The molecule has 1 amide bonds. The Hall–Kier alpha value is -1.36. The van der Waals surface area contributed by atoms with Gasteiger partial charge in [0.25, 0.3) is 0 Å². The minimum absolute atomic E-state index is 0. The molecule has 1 saturated heterocycles. The fourth-order valence-corrected chi connectivity index (χ4v) is 2.55. The van der Waals surface area contributed by atoms with Gasteiger partial charge in [-0.1, -0.05) is 12.1 Å². The Morgan fingerprint density at radius 3 is 2.31 bits per heavy atom. The van der Waals surface area contributed by atoms with Gasteiger partial charge in [-0.05, 0) is 39.8 Å². The molecule has 1 heterocycles. The molecule has 0 saturated carbocycles. The molecule has 1 aromatic rings. The van der Waals surface area contributed by atoms with Crippen molar-refractivity contribution in [2.24, 2.45) is 0 Å². The van der Waals surface area contributed by atoms with Crippen LogP contribution in [-0.4, -0.2) is 57.2 Å². The third-order valence-electron chi connectivity index (χ3n) is 3.54. The molecule has 1 aliphatic heterocycles. The summed E-state index contributed by atoms with van der Waals surface area (Å²) < 4.78 is 5.44. The van der Waals surface area contributed by atoms with E-state index in [1.165, 1.54) is 5.69 Å². The topological polar surface area (TPSA) is 68.6 Å². The molecule has 0 bridgehead atoms. The van der Waals surface area contributed by atoms with Crippen LogP contribution in [0.15, 0.2) is 24.3 Å². The van der Waals surface area contributed by atoms with Crippen LogP contribution < -0.4 is 39.8 Å². The number of piperazine rings is 1. The number of nitrogens with one attached hydrogen (secondary N) is 1. The summed E-state index contributed by atoms with van der Waals surface area (Å²) >= 11 is 0. The van der Waals surface area contributed by atoms with Crippen molar-refractivity contribution in [3.63, 3.8) is 0 Å². The van der Waals surface area contributed by atoms with Crippen molar-refractivity contribution in [2.75, 3.05) is 42.9 Å². The summed E-state index contributed by atoms with van der Waals surface area (Å²) in [4.78, 5) is 16.2. The third kappa shape index (κ3) is 8.35. The van der Waals surface area contributed by atoms with E-state index >= 15 is 0 Å². The van der Waals surface area contributed by atoms with E-state index in [9.17, 15) is 4.79 Å². The minimum atomic E-state index is -0.439. The number of rotatable bonds is 3. The molecule has 2 rings (SSSR count). The van der Waals surface area contributed by atoms with E-state index in [0.29, 0.717) is 13.1 Å². The quantitative estimate of drug-likeness (QED) is 0.695. The van der Waals surface area contributed by atoms with Crippen molar-refractivity contribution in [3.05, 3.63) is 24.3 Å². The number of benzene rings is 1. The van der Waals surface area contributed by atoms with Crippen LogP contribution in [0.4, 0.5) is 16.2 Å². The molecule has 26 heavy (non-hydrogen) atoms. The summed E-state index contributed by atoms with van der Waals surface area (Å²) in [6.45, 7) is 11.7. The molecule has 0 aromatic heterocycles. The Kier molecular flexibility index (Phi) is 11.5. The van der Waals surface area contributed by atoms with E-state index in [0.717, 1.165) is 25.3 Å². The molecule has 0 atom stereocenters. The Morgan fingerprint density at radius 1 is 1.27 bits per heavy atom. The van der Waals surface area contributed by atoms with Crippen molar-refractivity contribution in [1.82, 2.24) is 4.90 Å². The van der Waals surface area contributed by atoms with Gasteiger partial charge in [-0.15, -0.1) is 0 Å². The van der Waals surface area contributed by atoms with Crippen LogP contribution in [0.1, 0.15) is 27.7 Å². The van der Waals surface area contributed by atoms with E-state index in [-0.39, 0.29) is 43.5 Å². The second-order valence-corrected chi connectivity index (χ2v) is 6.50. The number of ether oxygens (including phenoxy) is 1. The zero-order valence-electron chi connectivity index (χ0n) is 16.0. The summed E-state index contributed by atoms with van der Waals surface area (Å²) in [5.74, 6) is 2.00. The van der Waals surface area contributed by atoms with Crippen LogP contribution in [-0.2, 0) is 4.74 Å². The molecule has 1 N–H and O–H groups in total. The number of hydrogen-bond donors (Lipinski definition) is 1. The predicted molar refractivity (Wildman–Crippen MR) is 106 cm³/mol. The summed E-state index contributed by atoms with van der Waals surface area (Å²) in [5, 5.41) is 10.8. The van der Waals surface area contributed by atoms with E-state index in [1.807, 2.05) is 32.8 Å². The van der Waals surface area contributed by atoms with Gasteiger partial charge < -0.3 is 19.9 Å². The second kappa shape index (κ2) is 12.1. The van der Waals surface area contributed by atoms with Gasteiger partial charge in [-0.25, -0.2) is 4.79 Å². The molecule has 0 unspecified atom stereocenters. The maximum absolute atomic E-state index is 12.1. The number of carbonyl (C=O) groups is 1. The van der Waals surface area contributed by atoms with Crippen LogP contribution in [0.2, 0.25) is 0 Å². The smallest absolute Gasteiger partial charge is 0.444 e. The first-order valence-electron chi connectivity index (χ1n) is 8.19. The maximum atomic E-state index is 12.1. The number of nitriles is 1. The average Bonchev–Trinajstić information content (AvgIpc) is 2.55. The Bertz CT molecular complexity index is 594. The number of hydrogen-bond acceptors (Lipinski definition) is 5. The molecule has 8 heteroatoms. The molecule has 138 valence electrons. The SMILES string of the molecule is CCNc1ccccc1N1CCN(C(=O)OC(C)(C)C)CC1.[BH3-]C#N.[Na+]. The molecule has 1 aromatic carbocycles. The first-order chi connectivity index (χ1) is 11.8. The van der Waals surface area contributed by atoms with Gasteiger partial charge in [0.05, 0.1) is 19.2 Å². The maximum Gasteiger partial charge on any atom is 1.00 e. The number of carbonyl (C=O) groups excluding carboxylic acids is 1. The summed E-state index contributed by atoms with van der Waals surface area (Å²) in [5.41, 5.74) is 1.91. The zero-order valence-corrected chi connectivity index (χ0v) is 18.0. The monoisotopic (exact) mass is 368 g/mol. The number of nitrogens with zero attached hydrogens (tertiary/aromatic N) is 3. The van der Waals surface area contributed by atoms with E-state index < -0.39 is 5.60 Å². The normalized spacial score (nSPS) is 13.5. The number of para-hydroxylation sites is 2. The fourth-order valence-electron chi connectivity index (χ4n) is 2.55. The second-order valence-electron chi connectivity index (χ2n) is 6.50. The minimum Gasteiger partial charge on any atom is -0.444 e. The third-order valence-corrected chi connectivity index (χ3v) is 3.54. The van der Waals surface area contributed by atoms with Crippen molar-refractivity contribution in [2.45, 2.75) is 33.3 Å². The predicted octanol–water partition coefficient (Wildman–Crippen LogP) is -0.988. The van der Waals surface area contributed by atoms with Crippen molar-refractivity contribution < 1.29 is 39.1 Å².